The zero-order valence-corrected chi connectivity index (χ0v) is 14.3. The van der Waals surface area contributed by atoms with Gasteiger partial charge >= 0.3 is 0 Å². The maximum absolute atomic E-state index is 12.2. The average Bonchev–Trinajstić information content (AvgIpc) is 3.31. The Kier molecular flexibility index (Phi) is 3.98. The van der Waals surface area contributed by atoms with Gasteiger partial charge in [0.1, 0.15) is 0 Å². The van der Waals surface area contributed by atoms with Crippen molar-refractivity contribution in [2.45, 2.75) is 0 Å². The fraction of sp³-hybridized carbons (Fsp3) is 0. The predicted octanol–water partition coefficient (Wildman–Crippen LogP) is 3.64. The quantitative estimate of drug-likeness (QED) is 0.516. The van der Waals surface area contributed by atoms with Crippen molar-refractivity contribution >= 4 is 39.7 Å². The van der Waals surface area contributed by atoms with E-state index in [-0.39, 0.29) is 5.91 Å². The Labute approximate surface area is 152 Å². The number of H-pyrrole nitrogens is 1. The Bertz CT molecular complexity index is 1120. The normalized spacial score (nSPS) is 10.8. The van der Waals surface area contributed by atoms with Gasteiger partial charge in [0.25, 0.3) is 5.91 Å². The molecule has 2 amide bonds. The topological polar surface area (TPSA) is 101 Å². The molecule has 4 aromatic rings. The number of anilines is 1. The Balaban J connectivity index is 1.70. The van der Waals surface area contributed by atoms with Gasteiger partial charge in [-0.15, -0.1) is 11.3 Å². The molecule has 4 rings (SSSR count). The van der Waals surface area contributed by atoms with Crippen molar-refractivity contribution in [3.05, 3.63) is 70.4 Å². The van der Waals surface area contributed by atoms with Gasteiger partial charge in [-0.1, -0.05) is 18.2 Å². The molecule has 2 aromatic heterocycles. The van der Waals surface area contributed by atoms with E-state index < -0.39 is 5.91 Å². The molecule has 0 aliphatic carbocycles. The maximum atomic E-state index is 12.2. The molecular formula is C19H14N4O2S. The van der Waals surface area contributed by atoms with Crippen molar-refractivity contribution in [2.75, 3.05) is 5.32 Å². The number of nitrogens with one attached hydrogen (secondary N) is 2. The molecule has 0 saturated carbocycles. The number of benzene rings is 2. The van der Waals surface area contributed by atoms with Crippen LogP contribution in [-0.4, -0.2) is 22.0 Å². The van der Waals surface area contributed by atoms with Crippen LogP contribution in [0.3, 0.4) is 0 Å². The van der Waals surface area contributed by atoms with Crippen molar-refractivity contribution in [2.24, 2.45) is 5.73 Å². The number of carbonyl (C=O) groups is 2. The summed E-state index contributed by atoms with van der Waals surface area (Å²) in [4.78, 5) is 24.3. The maximum Gasteiger partial charge on any atom is 0.265 e. The number of hydrogen-bond acceptors (Lipinski definition) is 4. The molecule has 6 nitrogen and oxygen atoms in total. The van der Waals surface area contributed by atoms with Crippen molar-refractivity contribution in [3.63, 3.8) is 0 Å². The highest BCUT2D eigenvalue weighted by Gasteiger charge is 2.12. The second kappa shape index (κ2) is 6.45. The van der Waals surface area contributed by atoms with Crippen LogP contribution in [0.4, 0.5) is 5.69 Å². The van der Waals surface area contributed by atoms with Crippen LogP contribution in [0.2, 0.25) is 0 Å². The summed E-state index contributed by atoms with van der Waals surface area (Å²) in [5.74, 6) is -0.643. The molecule has 0 unspecified atom stereocenters. The lowest BCUT2D eigenvalue weighted by molar-refractivity contribution is 0.0998. The highest BCUT2D eigenvalue weighted by molar-refractivity contribution is 7.12. The predicted molar refractivity (Wildman–Crippen MR) is 102 cm³/mol. The van der Waals surface area contributed by atoms with Crippen molar-refractivity contribution in [1.82, 2.24) is 10.2 Å². The van der Waals surface area contributed by atoms with Crippen LogP contribution in [0.15, 0.2) is 60.0 Å². The van der Waals surface area contributed by atoms with Gasteiger partial charge in [0.2, 0.25) is 5.91 Å². The molecule has 4 N–H and O–H groups in total. The van der Waals surface area contributed by atoms with Crippen LogP contribution in [0.1, 0.15) is 20.0 Å². The largest absolute Gasteiger partial charge is 0.366 e. The monoisotopic (exact) mass is 362 g/mol. The number of thiophene rings is 1. The lowest BCUT2D eigenvalue weighted by Gasteiger charge is -2.06. The van der Waals surface area contributed by atoms with Crippen LogP contribution >= 0.6 is 11.3 Å². The number of aromatic amines is 1. The number of amides is 2. The Morgan fingerprint density at radius 1 is 1.08 bits per heavy atom. The summed E-state index contributed by atoms with van der Waals surface area (Å²) in [6, 6.07) is 16.2. The summed E-state index contributed by atoms with van der Waals surface area (Å²) in [7, 11) is 0. The first kappa shape index (κ1) is 16.0. The van der Waals surface area contributed by atoms with Crippen molar-refractivity contribution < 1.29 is 9.59 Å². The fourth-order valence-corrected chi connectivity index (χ4v) is 3.35. The summed E-state index contributed by atoms with van der Waals surface area (Å²) in [5, 5.41) is 12.8. The Morgan fingerprint density at radius 3 is 2.73 bits per heavy atom. The number of nitrogens with zero attached hydrogens (tertiary/aromatic N) is 1. The van der Waals surface area contributed by atoms with E-state index in [0.717, 1.165) is 16.5 Å². The molecule has 0 aliphatic rings. The van der Waals surface area contributed by atoms with E-state index in [0.29, 0.717) is 21.8 Å². The average molecular weight is 362 g/mol. The highest BCUT2D eigenvalue weighted by atomic mass is 32.1. The molecule has 2 aromatic carbocycles. The number of aromatic nitrogens is 2. The van der Waals surface area contributed by atoms with Gasteiger partial charge in [-0.05, 0) is 41.8 Å². The Morgan fingerprint density at radius 2 is 1.96 bits per heavy atom. The molecule has 0 radical (unpaired) electrons. The van der Waals surface area contributed by atoms with Gasteiger partial charge in [0.15, 0.2) is 0 Å². The minimum atomic E-state index is -0.490. The van der Waals surface area contributed by atoms with Crippen LogP contribution in [-0.2, 0) is 0 Å². The number of hydrogen-bond donors (Lipinski definition) is 3. The third kappa shape index (κ3) is 2.96. The summed E-state index contributed by atoms with van der Waals surface area (Å²) < 4.78 is 0. The molecule has 0 bridgehead atoms. The third-order valence-electron chi connectivity index (χ3n) is 3.99. The van der Waals surface area contributed by atoms with E-state index in [9.17, 15) is 9.59 Å². The number of primary amides is 1. The van der Waals surface area contributed by atoms with E-state index in [1.165, 1.54) is 11.3 Å². The summed E-state index contributed by atoms with van der Waals surface area (Å²) in [5.41, 5.74) is 8.77. The second-order valence-corrected chi connectivity index (χ2v) is 6.66. The molecule has 0 spiro atoms. The summed E-state index contributed by atoms with van der Waals surface area (Å²) in [6.45, 7) is 0. The third-order valence-corrected chi connectivity index (χ3v) is 4.85. The number of nitrogens with two attached hydrogens (primary N) is 1. The van der Waals surface area contributed by atoms with Crippen LogP contribution in [0.25, 0.3) is 22.2 Å². The van der Waals surface area contributed by atoms with Crippen molar-refractivity contribution in [3.8, 4) is 11.3 Å². The van der Waals surface area contributed by atoms with E-state index in [1.54, 1.807) is 24.3 Å². The zero-order chi connectivity index (χ0) is 18.1. The number of rotatable bonds is 4. The van der Waals surface area contributed by atoms with Crippen molar-refractivity contribution in [1.29, 1.82) is 0 Å². The van der Waals surface area contributed by atoms with Gasteiger partial charge in [-0.2, -0.15) is 5.10 Å². The SMILES string of the molecule is NC(=O)c1ccc2[nH]nc(-c3cccc(NC(=O)c4cccs4)c3)c2c1. The molecule has 0 aliphatic heterocycles. The number of carbonyl (C=O) groups excluding carboxylic acids is 2. The first-order valence-electron chi connectivity index (χ1n) is 7.85. The summed E-state index contributed by atoms with van der Waals surface area (Å²) in [6.07, 6.45) is 0. The molecule has 0 fully saturated rings. The molecule has 128 valence electrons. The minimum Gasteiger partial charge on any atom is -0.366 e. The van der Waals surface area contributed by atoms with Gasteiger partial charge in [0.05, 0.1) is 16.1 Å². The number of fused-ring (bicyclic) bond motifs is 1. The lowest BCUT2D eigenvalue weighted by atomic mass is 10.0. The van der Waals surface area contributed by atoms with Gasteiger partial charge < -0.3 is 11.1 Å². The lowest BCUT2D eigenvalue weighted by Crippen LogP contribution is -2.10. The van der Waals surface area contributed by atoms with Crippen LogP contribution in [0.5, 0.6) is 0 Å². The molecule has 2 heterocycles. The fourth-order valence-electron chi connectivity index (χ4n) is 2.73. The van der Waals surface area contributed by atoms with E-state index in [2.05, 4.69) is 15.5 Å². The van der Waals surface area contributed by atoms with Gasteiger partial charge in [0, 0.05) is 22.2 Å². The molecule has 0 saturated heterocycles. The first-order valence-corrected chi connectivity index (χ1v) is 8.73. The Hall–Kier alpha value is -3.45. The molecule has 26 heavy (non-hydrogen) atoms. The highest BCUT2D eigenvalue weighted by Crippen LogP contribution is 2.29. The minimum absolute atomic E-state index is 0.153. The molecular weight excluding hydrogens is 348 g/mol. The summed E-state index contributed by atoms with van der Waals surface area (Å²) >= 11 is 1.39. The smallest absolute Gasteiger partial charge is 0.265 e. The van der Waals surface area contributed by atoms with Crippen LogP contribution in [0, 0.1) is 0 Å². The first-order chi connectivity index (χ1) is 12.6. The van der Waals surface area contributed by atoms with E-state index in [4.69, 9.17) is 5.73 Å². The molecule has 7 heteroatoms. The van der Waals surface area contributed by atoms with E-state index >= 15 is 0 Å². The van der Waals surface area contributed by atoms with Gasteiger partial charge in [-0.3, -0.25) is 14.7 Å². The standard InChI is InChI=1S/C19H14N4O2S/c20-18(24)12-6-7-15-14(10-12)17(23-22-15)11-3-1-4-13(9-11)21-19(25)16-5-2-8-26-16/h1-10H,(H2,20,24)(H,21,25)(H,22,23). The molecule has 0 atom stereocenters. The van der Waals surface area contributed by atoms with Crippen LogP contribution < -0.4 is 11.1 Å². The van der Waals surface area contributed by atoms with E-state index in [1.807, 2.05) is 35.7 Å². The van der Waals surface area contributed by atoms with Gasteiger partial charge in [-0.25, -0.2) is 0 Å². The zero-order valence-electron chi connectivity index (χ0n) is 13.5. The second-order valence-electron chi connectivity index (χ2n) is 5.71.